The number of carbonyl (C=O) groups is 2. The Balaban J connectivity index is 2.53. The van der Waals surface area contributed by atoms with Gasteiger partial charge in [0.2, 0.25) is 11.8 Å². The zero-order chi connectivity index (χ0) is 19.6. The molecule has 0 aromatic rings. The van der Waals surface area contributed by atoms with Crippen molar-refractivity contribution in [1.82, 2.24) is 10.6 Å². The van der Waals surface area contributed by atoms with Gasteiger partial charge in [-0.3, -0.25) is 9.59 Å². The Labute approximate surface area is 161 Å². The van der Waals surface area contributed by atoms with E-state index in [4.69, 9.17) is 0 Å². The van der Waals surface area contributed by atoms with Crippen LogP contribution in [0.15, 0.2) is 0 Å². The van der Waals surface area contributed by atoms with Crippen LogP contribution >= 0.6 is 0 Å². The van der Waals surface area contributed by atoms with Gasteiger partial charge in [0.1, 0.15) is 0 Å². The third-order valence-corrected chi connectivity index (χ3v) is 5.54. The van der Waals surface area contributed by atoms with Crippen LogP contribution in [0.3, 0.4) is 0 Å². The van der Waals surface area contributed by atoms with Crippen LogP contribution in [0.4, 0.5) is 0 Å². The summed E-state index contributed by atoms with van der Waals surface area (Å²) >= 11 is 0. The third-order valence-electron chi connectivity index (χ3n) is 5.54. The van der Waals surface area contributed by atoms with Crippen molar-refractivity contribution in [3.05, 3.63) is 0 Å². The van der Waals surface area contributed by atoms with Gasteiger partial charge in [0, 0.05) is 25.4 Å². The Kier molecular flexibility index (Phi) is 9.67. The molecule has 2 N–H and O–H groups in total. The van der Waals surface area contributed by atoms with Crippen molar-refractivity contribution >= 4 is 11.8 Å². The number of rotatable bonds is 11. The highest BCUT2D eigenvalue weighted by Crippen LogP contribution is 2.45. The molecular formula is C22H42N2O2. The Morgan fingerprint density at radius 1 is 0.885 bits per heavy atom. The van der Waals surface area contributed by atoms with Crippen molar-refractivity contribution in [2.45, 2.75) is 111 Å². The normalized spacial score (nSPS) is 24.9. The highest BCUT2D eigenvalue weighted by Gasteiger charge is 2.41. The number of hydrogen-bond acceptors (Lipinski definition) is 2. The third kappa shape index (κ3) is 9.05. The van der Waals surface area contributed by atoms with Crippen molar-refractivity contribution in [3.8, 4) is 0 Å². The highest BCUT2D eigenvalue weighted by atomic mass is 16.2. The summed E-state index contributed by atoms with van der Waals surface area (Å²) in [6.07, 6.45) is 10.8. The first-order chi connectivity index (χ1) is 12.2. The zero-order valence-corrected chi connectivity index (χ0v) is 17.9. The van der Waals surface area contributed by atoms with Gasteiger partial charge in [-0.2, -0.15) is 0 Å². The van der Waals surface area contributed by atoms with E-state index >= 15 is 0 Å². The SMILES string of the molecule is CCCCCC(=O)NCC1(C)CC(NC(=O)CCCCC)CC(C)(C)C1. The van der Waals surface area contributed by atoms with Gasteiger partial charge < -0.3 is 10.6 Å². The molecule has 4 heteroatoms. The predicted octanol–water partition coefficient (Wildman–Crippen LogP) is 4.96. The van der Waals surface area contributed by atoms with Gasteiger partial charge in [0.15, 0.2) is 0 Å². The Bertz CT molecular complexity index is 447. The summed E-state index contributed by atoms with van der Waals surface area (Å²) in [4.78, 5) is 24.3. The van der Waals surface area contributed by atoms with E-state index in [0.717, 1.165) is 57.8 Å². The molecule has 26 heavy (non-hydrogen) atoms. The molecule has 1 aliphatic rings. The molecule has 152 valence electrons. The highest BCUT2D eigenvalue weighted by molar-refractivity contribution is 5.76. The van der Waals surface area contributed by atoms with Crippen LogP contribution in [0.2, 0.25) is 0 Å². The first-order valence-electron chi connectivity index (χ1n) is 10.8. The number of carbonyl (C=O) groups excluding carboxylic acids is 2. The lowest BCUT2D eigenvalue weighted by atomic mass is 9.62. The fourth-order valence-corrected chi connectivity index (χ4v) is 4.64. The number of hydrogen-bond donors (Lipinski definition) is 2. The first-order valence-corrected chi connectivity index (χ1v) is 10.8. The van der Waals surface area contributed by atoms with E-state index in [0.29, 0.717) is 19.4 Å². The van der Waals surface area contributed by atoms with Crippen molar-refractivity contribution in [2.75, 3.05) is 6.54 Å². The van der Waals surface area contributed by atoms with Crippen molar-refractivity contribution in [2.24, 2.45) is 10.8 Å². The largest absolute Gasteiger partial charge is 0.356 e. The molecule has 0 saturated heterocycles. The van der Waals surface area contributed by atoms with E-state index in [-0.39, 0.29) is 28.7 Å². The Hall–Kier alpha value is -1.06. The summed E-state index contributed by atoms with van der Waals surface area (Å²) in [5.41, 5.74) is 0.227. The summed E-state index contributed by atoms with van der Waals surface area (Å²) in [6.45, 7) is 11.8. The standard InChI is InChI=1S/C22H42N2O2/c1-6-8-10-12-19(25)23-17-22(5)15-18(14-21(3,4)16-22)24-20(26)13-11-9-7-2/h18H,6-17H2,1-5H3,(H,23,25)(H,24,26). The van der Waals surface area contributed by atoms with E-state index in [1.54, 1.807) is 0 Å². The van der Waals surface area contributed by atoms with E-state index in [9.17, 15) is 9.59 Å². The molecule has 1 aliphatic carbocycles. The lowest BCUT2D eigenvalue weighted by Crippen LogP contribution is -2.50. The molecule has 0 aromatic carbocycles. The minimum atomic E-state index is 0.0452. The zero-order valence-electron chi connectivity index (χ0n) is 17.9. The lowest BCUT2D eigenvalue weighted by Gasteiger charge is -2.47. The molecule has 2 unspecified atom stereocenters. The number of nitrogens with one attached hydrogen (secondary N) is 2. The summed E-state index contributed by atoms with van der Waals surface area (Å²) in [6, 6.07) is 0.217. The van der Waals surface area contributed by atoms with Gasteiger partial charge in [-0.05, 0) is 42.9 Å². The molecular weight excluding hydrogens is 324 g/mol. The van der Waals surface area contributed by atoms with Crippen LogP contribution in [0.5, 0.6) is 0 Å². The fourth-order valence-electron chi connectivity index (χ4n) is 4.64. The molecule has 1 rings (SSSR count). The van der Waals surface area contributed by atoms with E-state index < -0.39 is 0 Å². The van der Waals surface area contributed by atoms with Crippen LogP contribution < -0.4 is 10.6 Å². The van der Waals surface area contributed by atoms with E-state index in [2.05, 4.69) is 45.3 Å². The number of unbranched alkanes of at least 4 members (excludes halogenated alkanes) is 4. The fraction of sp³-hybridized carbons (Fsp3) is 0.909. The summed E-state index contributed by atoms with van der Waals surface area (Å²) in [7, 11) is 0. The Morgan fingerprint density at radius 3 is 2.04 bits per heavy atom. The van der Waals surface area contributed by atoms with Gasteiger partial charge in [-0.1, -0.05) is 60.3 Å². The summed E-state index contributed by atoms with van der Waals surface area (Å²) in [5, 5.41) is 6.42. The van der Waals surface area contributed by atoms with Crippen molar-refractivity contribution < 1.29 is 9.59 Å². The molecule has 1 saturated carbocycles. The van der Waals surface area contributed by atoms with Crippen molar-refractivity contribution in [1.29, 1.82) is 0 Å². The predicted molar refractivity (Wildman–Crippen MR) is 109 cm³/mol. The second kappa shape index (κ2) is 10.9. The van der Waals surface area contributed by atoms with Crippen LogP contribution in [-0.2, 0) is 9.59 Å². The molecule has 2 atom stereocenters. The van der Waals surface area contributed by atoms with Gasteiger partial charge in [0.05, 0.1) is 0 Å². The van der Waals surface area contributed by atoms with Crippen LogP contribution in [-0.4, -0.2) is 24.4 Å². The quantitative estimate of drug-likeness (QED) is 0.508. The van der Waals surface area contributed by atoms with E-state index in [1.807, 2.05) is 0 Å². The Morgan fingerprint density at radius 2 is 1.46 bits per heavy atom. The van der Waals surface area contributed by atoms with Gasteiger partial charge >= 0.3 is 0 Å². The van der Waals surface area contributed by atoms with Gasteiger partial charge in [0.25, 0.3) is 0 Å². The first kappa shape index (κ1) is 23.0. The van der Waals surface area contributed by atoms with Crippen LogP contribution in [0.25, 0.3) is 0 Å². The lowest BCUT2D eigenvalue weighted by molar-refractivity contribution is -0.124. The van der Waals surface area contributed by atoms with Gasteiger partial charge in [-0.15, -0.1) is 0 Å². The maximum Gasteiger partial charge on any atom is 0.220 e. The minimum Gasteiger partial charge on any atom is -0.356 e. The van der Waals surface area contributed by atoms with Crippen LogP contribution in [0.1, 0.15) is 105 Å². The molecule has 2 amide bonds. The second-order valence-electron chi connectivity index (χ2n) is 9.52. The topological polar surface area (TPSA) is 58.2 Å². The molecule has 0 aliphatic heterocycles. The van der Waals surface area contributed by atoms with Crippen molar-refractivity contribution in [3.63, 3.8) is 0 Å². The molecule has 0 heterocycles. The smallest absolute Gasteiger partial charge is 0.220 e. The van der Waals surface area contributed by atoms with Gasteiger partial charge in [-0.25, -0.2) is 0 Å². The van der Waals surface area contributed by atoms with Crippen LogP contribution in [0, 0.1) is 10.8 Å². The number of amides is 2. The molecule has 4 nitrogen and oxygen atoms in total. The molecule has 0 bridgehead atoms. The minimum absolute atomic E-state index is 0.0452. The maximum absolute atomic E-state index is 12.2. The second-order valence-corrected chi connectivity index (χ2v) is 9.52. The molecule has 0 aromatic heterocycles. The maximum atomic E-state index is 12.2. The molecule has 0 spiro atoms. The summed E-state index contributed by atoms with van der Waals surface area (Å²) in [5.74, 6) is 0.357. The average molecular weight is 367 g/mol. The molecule has 1 fully saturated rings. The average Bonchev–Trinajstić information content (AvgIpc) is 2.51. The monoisotopic (exact) mass is 366 g/mol. The van der Waals surface area contributed by atoms with E-state index in [1.165, 1.54) is 0 Å². The summed E-state index contributed by atoms with van der Waals surface area (Å²) < 4.78 is 0. The molecule has 0 radical (unpaired) electrons.